The summed E-state index contributed by atoms with van der Waals surface area (Å²) in [6.45, 7) is 2.22. The number of hydrogen-bond acceptors (Lipinski definition) is 5. The van der Waals surface area contributed by atoms with E-state index in [4.69, 9.17) is 14.6 Å². The number of carboxylic acids is 1. The van der Waals surface area contributed by atoms with Crippen molar-refractivity contribution in [2.45, 2.75) is 38.1 Å². The largest absolute Gasteiger partial charge is 0.480 e. The van der Waals surface area contributed by atoms with Crippen molar-refractivity contribution in [3.8, 4) is 11.1 Å². The first kappa shape index (κ1) is 25.2. The Morgan fingerprint density at radius 1 is 1.06 bits per heavy atom. The molecule has 0 spiro atoms. The number of carbonyl (C=O) groups is 3. The molecule has 1 aliphatic rings. The van der Waals surface area contributed by atoms with Gasteiger partial charge in [0.1, 0.15) is 13.2 Å². The number of nitrogens with one attached hydrogen (secondary N) is 1. The number of hydrogen-bond donors (Lipinski definition) is 2. The van der Waals surface area contributed by atoms with Gasteiger partial charge in [-0.2, -0.15) is 0 Å². The summed E-state index contributed by atoms with van der Waals surface area (Å²) < 4.78 is 10.5. The molecule has 0 radical (unpaired) electrons. The van der Waals surface area contributed by atoms with Crippen molar-refractivity contribution >= 4 is 18.0 Å². The number of alkyl carbamates (subject to hydrolysis) is 1. The van der Waals surface area contributed by atoms with Crippen molar-refractivity contribution in [3.05, 3.63) is 59.7 Å². The van der Waals surface area contributed by atoms with E-state index in [-0.39, 0.29) is 50.6 Å². The first-order chi connectivity index (χ1) is 16.4. The average Bonchev–Trinajstić information content (AvgIpc) is 3.16. The zero-order chi connectivity index (χ0) is 24.5. The van der Waals surface area contributed by atoms with E-state index in [0.29, 0.717) is 12.8 Å². The number of ether oxygens (including phenoxy) is 2. The van der Waals surface area contributed by atoms with Crippen LogP contribution in [0.1, 0.15) is 43.2 Å². The average molecular weight is 469 g/mol. The molecule has 2 amide bonds. The minimum atomic E-state index is -1.08. The molecule has 8 nitrogen and oxygen atoms in total. The Labute approximate surface area is 199 Å². The predicted octanol–water partition coefficient (Wildman–Crippen LogP) is 3.64. The van der Waals surface area contributed by atoms with Crippen molar-refractivity contribution in [1.29, 1.82) is 0 Å². The van der Waals surface area contributed by atoms with Gasteiger partial charge >= 0.3 is 12.1 Å². The smallest absolute Gasteiger partial charge is 0.407 e. The number of rotatable bonds is 12. The van der Waals surface area contributed by atoms with Crippen LogP contribution >= 0.6 is 0 Å². The van der Waals surface area contributed by atoms with E-state index in [1.165, 1.54) is 12.0 Å². The van der Waals surface area contributed by atoms with Crippen LogP contribution in [-0.4, -0.2) is 67.4 Å². The van der Waals surface area contributed by atoms with Gasteiger partial charge in [0.15, 0.2) is 0 Å². The van der Waals surface area contributed by atoms with Gasteiger partial charge in [0.2, 0.25) is 5.91 Å². The second kappa shape index (κ2) is 12.2. The van der Waals surface area contributed by atoms with E-state index in [9.17, 15) is 14.4 Å². The Balaban J connectivity index is 1.53. The fraction of sp³-hybridized carbons (Fsp3) is 0.423. The topological polar surface area (TPSA) is 105 Å². The van der Waals surface area contributed by atoms with Crippen LogP contribution in [0.5, 0.6) is 0 Å². The quantitative estimate of drug-likeness (QED) is 0.493. The summed E-state index contributed by atoms with van der Waals surface area (Å²) in [7, 11) is 1.49. The Bertz CT molecular complexity index is 963. The minimum Gasteiger partial charge on any atom is -0.480 e. The number of benzene rings is 2. The van der Waals surface area contributed by atoms with Gasteiger partial charge in [-0.25, -0.2) is 4.79 Å². The van der Waals surface area contributed by atoms with E-state index in [1.807, 2.05) is 31.2 Å². The highest BCUT2D eigenvalue weighted by atomic mass is 16.5. The van der Waals surface area contributed by atoms with Crippen molar-refractivity contribution in [3.63, 3.8) is 0 Å². The second-order valence-electron chi connectivity index (χ2n) is 8.32. The van der Waals surface area contributed by atoms with E-state index in [2.05, 4.69) is 29.6 Å². The molecule has 1 atom stereocenters. The van der Waals surface area contributed by atoms with E-state index in [0.717, 1.165) is 22.3 Å². The first-order valence-corrected chi connectivity index (χ1v) is 11.5. The van der Waals surface area contributed by atoms with Crippen molar-refractivity contribution in [2.24, 2.45) is 0 Å². The Kier molecular flexibility index (Phi) is 9.04. The molecule has 34 heavy (non-hydrogen) atoms. The van der Waals surface area contributed by atoms with Gasteiger partial charge in [0, 0.05) is 32.0 Å². The van der Waals surface area contributed by atoms with Crippen LogP contribution < -0.4 is 5.32 Å². The molecular formula is C26H32N2O6. The van der Waals surface area contributed by atoms with E-state index < -0.39 is 12.1 Å². The highest BCUT2D eigenvalue weighted by Crippen LogP contribution is 2.44. The first-order valence-electron chi connectivity index (χ1n) is 11.5. The molecular weight excluding hydrogens is 436 g/mol. The minimum absolute atomic E-state index is 0.0230. The lowest BCUT2D eigenvalue weighted by atomic mass is 9.98. The Morgan fingerprint density at radius 3 is 2.24 bits per heavy atom. The summed E-state index contributed by atoms with van der Waals surface area (Å²) in [6, 6.07) is 16.0. The summed E-state index contributed by atoms with van der Waals surface area (Å²) in [4.78, 5) is 37.3. The lowest BCUT2D eigenvalue weighted by Crippen LogP contribution is -2.40. The maximum Gasteiger partial charge on any atom is 0.407 e. The van der Waals surface area contributed by atoms with E-state index in [1.54, 1.807) is 0 Å². The molecule has 2 N–H and O–H groups in total. The van der Waals surface area contributed by atoms with Gasteiger partial charge < -0.3 is 24.8 Å². The van der Waals surface area contributed by atoms with Crippen LogP contribution in [0.15, 0.2) is 48.5 Å². The molecule has 8 heteroatoms. The van der Waals surface area contributed by atoms with Gasteiger partial charge in [-0.1, -0.05) is 55.5 Å². The molecule has 0 saturated carbocycles. The number of carboxylic acid groups (broad SMARTS) is 1. The van der Waals surface area contributed by atoms with Crippen LogP contribution in [-0.2, 0) is 19.1 Å². The van der Waals surface area contributed by atoms with Crippen molar-refractivity contribution < 1.29 is 29.0 Å². The molecule has 0 heterocycles. The van der Waals surface area contributed by atoms with Gasteiger partial charge in [-0.3, -0.25) is 9.59 Å². The normalized spacial score (nSPS) is 13.0. The standard InChI is InChI=1S/C26H32N2O6/c1-3-18(12-13-24(29)28(14-15-33-2)16-25(30)31)27-26(32)34-17-23-21-10-6-4-8-19(21)20-9-5-7-11-22(20)23/h4-11,18,23H,3,12-17H2,1-2H3,(H,27,32)(H,30,31). The molecule has 182 valence electrons. The van der Waals surface area contributed by atoms with Crippen LogP contribution in [0.25, 0.3) is 11.1 Å². The number of methoxy groups -OCH3 is 1. The highest BCUT2D eigenvalue weighted by Gasteiger charge is 2.29. The summed E-state index contributed by atoms with van der Waals surface area (Å²) in [5.74, 6) is -1.38. The maximum absolute atomic E-state index is 12.5. The lowest BCUT2D eigenvalue weighted by molar-refractivity contribution is -0.145. The monoisotopic (exact) mass is 468 g/mol. The number of aliphatic carboxylic acids is 1. The lowest BCUT2D eigenvalue weighted by Gasteiger charge is -2.22. The summed E-state index contributed by atoms with van der Waals surface area (Å²) in [6.07, 6.45) is 0.610. The SMILES string of the molecule is CCC(CCC(=O)N(CCOC)CC(=O)O)NC(=O)OCC1c2ccccc2-c2ccccc21. The van der Waals surface area contributed by atoms with Crippen LogP contribution in [0.2, 0.25) is 0 Å². The number of carbonyl (C=O) groups excluding carboxylic acids is 2. The highest BCUT2D eigenvalue weighted by molar-refractivity contribution is 5.81. The number of fused-ring (bicyclic) bond motifs is 3. The number of amides is 2. The molecule has 1 unspecified atom stereocenters. The van der Waals surface area contributed by atoms with Crippen molar-refractivity contribution in [2.75, 3.05) is 33.4 Å². The zero-order valence-electron chi connectivity index (χ0n) is 19.7. The summed E-state index contributed by atoms with van der Waals surface area (Å²) >= 11 is 0. The third-order valence-electron chi connectivity index (χ3n) is 6.11. The van der Waals surface area contributed by atoms with Crippen LogP contribution in [0.4, 0.5) is 4.79 Å². The van der Waals surface area contributed by atoms with Crippen molar-refractivity contribution in [1.82, 2.24) is 10.2 Å². The maximum atomic E-state index is 12.5. The van der Waals surface area contributed by atoms with Crippen LogP contribution in [0.3, 0.4) is 0 Å². The van der Waals surface area contributed by atoms with Crippen LogP contribution in [0, 0.1) is 0 Å². The zero-order valence-corrected chi connectivity index (χ0v) is 19.7. The molecule has 0 bridgehead atoms. The molecule has 1 aliphatic carbocycles. The molecule has 2 aromatic rings. The van der Waals surface area contributed by atoms with Gasteiger partial charge in [0.05, 0.1) is 6.61 Å². The molecule has 0 aromatic heterocycles. The molecule has 2 aromatic carbocycles. The Morgan fingerprint density at radius 2 is 1.68 bits per heavy atom. The fourth-order valence-electron chi connectivity index (χ4n) is 4.30. The molecule has 0 fully saturated rings. The summed E-state index contributed by atoms with van der Waals surface area (Å²) in [5, 5.41) is 11.9. The molecule has 0 saturated heterocycles. The van der Waals surface area contributed by atoms with Gasteiger partial charge in [0.25, 0.3) is 0 Å². The number of nitrogens with zero attached hydrogens (tertiary/aromatic N) is 1. The second-order valence-corrected chi connectivity index (χ2v) is 8.32. The van der Waals surface area contributed by atoms with E-state index >= 15 is 0 Å². The third kappa shape index (κ3) is 6.35. The van der Waals surface area contributed by atoms with Gasteiger partial charge in [-0.05, 0) is 35.1 Å². The molecule has 3 rings (SSSR count). The molecule has 0 aliphatic heterocycles. The summed E-state index contributed by atoms with van der Waals surface area (Å²) in [5.41, 5.74) is 4.61. The predicted molar refractivity (Wildman–Crippen MR) is 128 cm³/mol. The third-order valence-corrected chi connectivity index (χ3v) is 6.11. The fourth-order valence-corrected chi connectivity index (χ4v) is 4.30. The van der Waals surface area contributed by atoms with Gasteiger partial charge in [-0.15, -0.1) is 0 Å². The Hall–Kier alpha value is -3.39.